The van der Waals surface area contributed by atoms with E-state index in [2.05, 4.69) is 31.2 Å². The molecule has 0 saturated heterocycles. The van der Waals surface area contributed by atoms with E-state index in [0.717, 1.165) is 27.0 Å². The molecule has 1 aliphatic rings. The van der Waals surface area contributed by atoms with Crippen LogP contribution in [0.4, 0.5) is 0 Å². The first-order valence-corrected chi connectivity index (χ1v) is 8.16. The van der Waals surface area contributed by atoms with Gasteiger partial charge >= 0.3 is 0 Å². The average molecular weight is 318 g/mol. The van der Waals surface area contributed by atoms with Gasteiger partial charge in [0.15, 0.2) is 0 Å². The number of nitriles is 1. The van der Waals surface area contributed by atoms with Crippen molar-refractivity contribution in [3.63, 3.8) is 0 Å². The van der Waals surface area contributed by atoms with E-state index < -0.39 is 0 Å². The van der Waals surface area contributed by atoms with Crippen molar-refractivity contribution in [1.29, 1.82) is 5.26 Å². The van der Waals surface area contributed by atoms with Crippen LogP contribution in [0.3, 0.4) is 0 Å². The van der Waals surface area contributed by atoms with E-state index in [-0.39, 0.29) is 11.8 Å². The van der Waals surface area contributed by atoms with Crippen molar-refractivity contribution >= 4 is 22.1 Å². The summed E-state index contributed by atoms with van der Waals surface area (Å²) < 4.78 is 5.85. The molecule has 112 valence electrons. The van der Waals surface area contributed by atoms with E-state index in [0.29, 0.717) is 5.57 Å². The maximum absolute atomic E-state index is 9.58. The lowest BCUT2D eigenvalue weighted by atomic mass is 9.86. The highest BCUT2D eigenvalue weighted by Crippen LogP contribution is 2.46. The van der Waals surface area contributed by atoms with E-state index in [4.69, 9.17) is 10.5 Å². The third-order valence-corrected chi connectivity index (χ3v) is 5.22. The minimum Gasteiger partial charge on any atom is -0.440 e. The van der Waals surface area contributed by atoms with E-state index in [1.807, 2.05) is 30.3 Å². The van der Waals surface area contributed by atoms with Crippen LogP contribution in [0, 0.1) is 18.3 Å². The number of allylic oxidation sites excluding steroid dienone is 1. The highest BCUT2D eigenvalue weighted by Gasteiger charge is 2.32. The third kappa shape index (κ3) is 2.09. The van der Waals surface area contributed by atoms with Crippen LogP contribution in [-0.2, 0) is 0 Å². The van der Waals surface area contributed by atoms with Gasteiger partial charge in [0.05, 0.1) is 5.92 Å². The smallest absolute Gasteiger partial charge is 0.205 e. The molecule has 1 atom stereocenters. The minimum absolute atomic E-state index is 0.160. The number of hydrogen-bond acceptors (Lipinski definition) is 4. The second kappa shape index (κ2) is 5.15. The Morgan fingerprint density at radius 2 is 1.96 bits per heavy atom. The molecule has 1 aliphatic heterocycles. The molecule has 1 aromatic heterocycles. The Bertz CT molecular complexity index is 994. The zero-order valence-corrected chi connectivity index (χ0v) is 13.4. The number of hydrogen-bond donors (Lipinski definition) is 1. The summed E-state index contributed by atoms with van der Waals surface area (Å²) in [5.41, 5.74) is 7.55. The minimum atomic E-state index is -0.160. The molecule has 0 radical (unpaired) electrons. The fourth-order valence-electron chi connectivity index (χ4n) is 3.09. The topological polar surface area (TPSA) is 59.0 Å². The van der Waals surface area contributed by atoms with E-state index in [1.54, 1.807) is 11.3 Å². The number of thiophene rings is 1. The first-order valence-electron chi connectivity index (χ1n) is 7.34. The number of ether oxygens (including phenoxy) is 1. The molecule has 4 heteroatoms. The molecule has 0 bridgehead atoms. The Kier molecular flexibility index (Phi) is 3.10. The zero-order chi connectivity index (χ0) is 16.0. The molecule has 0 fully saturated rings. The number of fused-ring (bicyclic) bond motifs is 3. The first-order chi connectivity index (χ1) is 11.2. The number of rotatable bonds is 1. The van der Waals surface area contributed by atoms with Crippen molar-refractivity contribution in [2.45, 2.75) is 12.8 Å². The summed E-state index contributed by atoms with van der Waals surface area (Å²) in [7, 11) is 0. The van der Waals surface area contributed by atoms with Gasteiger partial charge < -0.3 is 10.5 Å². The Morgan fingerprint density at radius 1 is 1.13 bits per heavy atom. The Morgan fingerprint density at radius 3 is 2.70 bits per heavy atom. The summed E-state index contributed by atoms with van der Waals surface area (Å²) >= 11 is 1.69. The van der Waals surface area contributed by atoms with Gasteiger partial charge in [0.1, 0.15) is 17.4 Å². The second-order valence-corrected chi connectivity index (χ2v) is 6.90. The molecule has 3 nitrogen and oxygen atoms in total. The molecule has 0 spiro atoms. The van der Waals surface area contributed by atoms with Crippen LogP contribution in [0.1, 0.15) is 21.2 Å². The van der Waals surface area contributed by atoms with Crippen LogP contribution in [0.2, 0.25) is 0 Å². The zero-order valence-electron chi connectivity index (χ0n) is 12.5. The molecule has 0 amide bonds. The lowest BCUT2D eigenvalue weighted by Gasteiger charge is -2.26. The number of benzene rings is 2. The third-order valence-electron chi connectivity index (χ3n) is 4.15. The van der Waals surface area contributed by atoms with Gasteiger partial charge in [0, 0.05) is 20.7 Å². The van der Waals surface area contributed by atoms with Crippen LogP contribution in [0.15, 0.2) is 60.0 Å². The first kappa shape index (κ1) is 13.9. The van der Waals surface area contributed by atoms with Gasteiger partial charge in [-0.3, -0.25) is 0 Å². The predicted molar refractivity (Wildman–Crippen MR) is 92.3 cm³/mol. The SMILES string of the molecule is Cc1ccc([C@H]2C(C#N)=C(N)Oc3c2ccc2ccccc32)s1. The Balaban J connectivity index is 2.02. The molecule has 3 aromatic rings. The summed E-state index contributed by atoms with van der Waals surface area (Å²) in [6.45, 7) is 2.06. The van der Waals surface area contributed by atoms with Gasteiger partial charge in [0.25, 0.3) is 0 Å². The maximum Gasteiger partial charge on any atom is 0.205 e. The number of nitrogens with zero attached hydrogens (tertiary/aromatic N) is 1. The van der Waals surface area contributed by atoms with E-state index in [9.17, 15) is 5.26 Å². The lowest BCUT2D eigenvalue weighted by molar-refractivity contribution is 0.399. The van der Waals surface area contributed by atoms with Gasteiger partial charge in [-0.15, -0.1) is 11.3 Å². The van der Waals surface area contributed by atoms with Crippen LogP contribution >= 0.6 is 11.3 Å². The van der Waals surface area contributed by atoms with Crippen LogP contribution in [0.25, 0.3) is 10.8 Å². The van der Waals surface area contributed by atoms with Crippen molar-refractivity contribution in [3.8, 4) is 11.8 Å². The molecule has 0 unspecified atom stereocenters. The summed E-state index contributed by atoms with van der Waals surface area (Å²) in [6.07, 6.45) is 0. The molecule has 2 N–H and O–H groups in total. The highest BCUT2D eigenvalue weighted by atomic mass is 32.1. The Labute approximate surface area is 138 Å². The average Bonchev–Trinajstić information content (AvgIpc) is 2.99. The second-order valence-electron chi connectivity index (χ2n) is 5.58. The van der Waals surface area contributed by atoms with Crippen molar-refractivity contribution in [1.82, 2.24) is 0 Å². The van der Waals surface area contributed by atoms with Gasteiger partial charge in [-0.05, 0) is 24.4 Å². The number of aryl methyl sites for hydroxylation is 1. The monoisotopic (exact) mass is 318 g/mol. The summed E-state index contributed by atoms with van der Waals surface area (Å²) in [5, 5.41) is 11.7. The molecule has 23 heavy (non-hydrogen) atoms. The van der Waals surface area contributed by atoms with Gasteiger partial charge in [-0.1, -0.05) is 36.4 Å². The largest absolute Gasteiger partial charge is 0.440 e. The van der Waals surface area contributed by atoms with Gasteiger partial charge in [-0.2, -0.15) is 5.26 Å². The van der Waals surface area contributed by atoms with E-state index >= 15 is 0 Å². The fraction of sp³-hybridized carbons (Fsp3) is 0.105. The molecule has 2 heterocycles. The van der Waals surface area contributed by atoms with E-state index in [1.165, 1.54) is 4.88 Å². The van der Waals surface area contributed by atoms with Gasteiger partial charge in [-0.25, -0.2) is 0 Å². The summed E-state index contributed by atoms with van der Waals surface area (Å²) in [4.78, 5) is 2.33. The molecule has 2 aromatic carbocycles. The Hall–Kier alpha value is -2.77. The molecule has 4 rings (SSSR count). The van der Waals surface area contributed by atoms with Crippen LogP contribution in [-0.4, -0.2) is 0 Å². The maximum atomic E-state index is 9.58. The van der Waals surface area contributed by atoms with Gasteiger partial charge in [0.2, 0.25) is 5.88 Å². The molecular weight excluding hydrogens is 304 g/mol. The number of nitrogens with two attached hydrogens (primary N) is 1. The molecular formula is C19H14N2OS. The van der Waals surface area contributed by atoms with Crippen molar-refractivity contribution in [2.75, 3.05) is 0 Å². The molecule has 0 aliphatic carbocycles. The highest BCUT2D eigenvalue weighted by molar-refractivity contribution is 7.12. The fourth-order valence-corrected chi connectivity index (χ4v) is 4.09. The summed E-state index contributed by atoms with van der Waals surface area (Å²) in [6, 6.07) is 18.5. The van der Waals surface area contributed by atoms with Crippen molar-refractivity contribution in [2.24, 2.45) is 5.73 Å². The molecule has 0 saturated carbocycles. The normalized spacial score (nSPS) is 16.8. The van der Waals surface area contributed by atoms with Crippen LogP contribution in [0.5, 0.6) is 5.75 Å². The van der Waals surface area contributed by atoms with Crippen LogP contribution < -0.4 is 10.5 Å². The predicted octanol–water partition coefficient (Wildman–Crippen LogP) is 4.43. The quantitative estimate of drug-likeness (QED) is 0.722. The van der Waals surface area contributed by atoms with Crippen molar-refractivity contribution in [3.05, 3.63) is 75.3 Å². The van der Waals surface area contributed by atoms with Crippen molar-refractivity contribution < 1.29 is 4.74 Å². The summed E-state index contributed by atoms with van der Waals surface area (Å²) in [5.74, 6) is 0.801. The standard InChI is InChI=1S/C19H14N2OS/c1-11-6-9-16(23-11)17-14-8-7-12-4-2-3-5-13(12)18(14)22-19(21)15(17)10-20/h2-9,17H,21H2,1H3/t17-/m1/s1. The lowest BCUT2D eigenvalue weighted by Crippen LogP contribution is -2.20.